The number of esters is 1. The molecule has 0 amide bonds. The second-order valence-electron chi connectivity index (χ2n) is 5.35. The van der Waals surface area contributed by atoms with Crippen LogP contribution in [-0.4, -0.2) is 35.6 Å². The van der Waals surface area contributed by atoms with Crippen LogP contribution < -0.4 is 4.90 Å². The number of fused-ring (bicyclic) bond motifs is 1. The van der Waals surface area contributed by atoms with E-state index in [9.17, 15) is 4.79 Å². The Morgan fingerprint density at radius 3 is 3.00 bits per heavy atom. The Hall–Kier alpha value is -1.65. The first-order chi connectivity index (χ1) is 9.29. The molecular formula is C14H19N3O2. The Kier molecular flexibility index (Phi) is 3.36. The van der Waals surface area contributed by atoms with Gasteiger partial charge < -0.3 is 9.64 Å². The number of anilines is 1. The SMILES string of the molecule is COC(=O)c1cncc(N2CCC3CCCCC32)n1. The minimum Gasteiger partial charge on any atom is -0.464 e. The predicted octanol–water partition coefficient (Wildman–Crippen LogP) is 2.03. The highest BCUT2D eigenvalue weighted by molar-refractivity contribution is 5.87. The highest BCUT2D eigenvalue weighted by Crippen LogP contribution is 2.37. The number of hydrogen-bond acceptors (Lipinski definition) is 5. The fourth-order valence-corrected chi connectivity index (χ4v) is 3.39. The first-order valence-electron chi connectivity index (χ1n) is 6.96. The molecule has 1 aromatic heterocycles. The van der Waals surface area contributed by atoms with Crippen molar-refractivity contribution in [1.82, 2.24) is 9.97 Å². The summed E-state index contributed by atoms with van der Waals surface area (Å²) in [5.74, 6) is 1.18. The van der Waals surface area contributed by atoms with E-state index in [1.54, 1.807) is 6.20 Å². The Balaban J connectivity index is 1.84. The van der Waals surface area contributed by atoms with E-state index in [2.05, 4.69) is 14.9 Å². The summed E-state index contributed by atoms with van der Waals surface area (Å²) in [4.78, 5) is 22.4. The van der Waals surface area contributed by atoms with Crippen LogP contribution in [0.5, 0.6) is 0 Å². The van der Waals surface area contributed by atoms with Crippen molar-refractivity contribution in [3.05, 3.63) is 18.1 Å². The lowest BCUT2D eigenvalue weighted by Gasteiger charge is -2.32. The maximum absolute atomic E-state index is 11.5. The number of rotatable bonds is 2. The summed E-state index contributed by atoms with van der Waals surface area (Å²) in [5.41, 5.74) is 0.291. The maximum atomic E-state index is 11.5. The number of carbonyl (C=O) groups is 1. The molecule has 0 N–H and O–H groups in total. The Morgan fingerprint density at radius 1 is 1.32 bits per heavy atom. The lowest BCUT2D eigenvalue weighted by molar-refractivity contribution is 0.0593. The van der Waals surface area contributed by atoms with Gasteiger partial charge in [-0.1, -0.05) is 12.8 Å². The van der Waals surface area contributed by atoms with Gasteiger partial charge in [0.1, 0.15) is 5.82 Å². The molecule has 1 aromatic rings. The second-order valence-corrected chi connectivity index (χ2v) is 5.35. The highest BCUT2D eigenvalue weighted by atomic mass is 16.5. The highest BCUT2D eigenvalue weighted by Gasteiger charge is 2.36. The third kappa shape index (κ3) is 2.29. The molecule has 19 heavy (non-hydrogen) atoms. The first kappa shape index (κ1) is 12.4. The van der Waals surface area contributed by atoms with Crippen molar-refractivity contribution >= 4 is 11.8 Å². The van der Waals surface area contributed by atoms with E-state index in [0.29, 0.717) is 11.7 Å². The summed E-state index contributed by atoms with van der Waals surface area (Å²) >= 11 is 0. The van der Waals surface area contributed by atoms with Crippen molar-refractivity contribution in [2.24, 2.45) is 5.92 Å². The number of nitrogens with zero attached hydrogens (tertiary/aromatic N) is 3. The van der Waals surface area contributed by atoms with Gasteiger partial charge >= 0.3 is 5.97 Å². The van der Waals surface area contributed by atoms with Gasteiger partial charge in [-0.25, -0.2) is 9.78 Å². The monoisotopic (exact) mass is 261 g/mol. The van der Waals surface area contributed by atoms with Crippen LogP contribution in [0.3, 0.4) is 0 Å². The summed E-state index contributed by atoms with van der Waals surface area (Å²) in [6, 6.07) is 0.580. The van der Waals surface area contributed by atoms with Gasteiger partial charge in [-0.05, 0) is 25.2 Å². The van der Waals surface area contributed by atoms with Gasteiger partial charge in [0.2, 0.25) is 0 Å². The minimum atomic E-state index is -0.422. The summed E-state index contributed by atoms with van der Waals surface area (Å²) in [5, 5.41) is 0. The van der Waals surface area contributed by atoms with Crippen molar-refractivity contribution in [3.8, 4) is 0 Å². The molecular weight excluding hydrogens is 242 g/mol. The second kappa shape index (κ2) is 5.15. The Bertz CT molecular complexity index is 478. The molecule has 3 rings (SSSR count). The van der Waals surface area contributed by atoms with E-state index in [4.69, 9.17) is 4.74 Å². The fourth-order valence-electron chi connectivity index (χ4n) is 3.39. The van der Waals surface area contributed by atoms with Crippen molar-refractivity contribution in [3.63, 3.8) is 0 Å². The van der Waals surface area contributed by atoms with Gasteiger partial charge in [0, 0.05) is 12.6 Å². The molecule has 0 aromatic carbocycles. The quantitative estimate of drug-likeness (QED) is 0.762. The molecule has 102 valence electrons. The van der Waals surface area contributed by atoms with Crippen LogP contribution in [0, 0.1) is 5.92 Å². The van der Waals surface area contributed by atoms with Gasteiger partial charge in [0.05, 0.1) is 19.5 Å². The van der Waals surface area contributed by atoms with E-state index >= 15 is 0 Å². The summed E-state index contributed by atoms with van der Waals surface area (Å²) in [7, 11) is 1.36. The third-order valence-electron chi connectivity index (χ3n) is 4.32. The van der Waals surface area contributed by atoms with E-state index < -0.39 is 5.97 Å². The lowest BCUT2D eigenvalue weighted by atomic mass is 9.85. The van der Waals surface area contributed by atoms with Crippen LogP contribution in [0.2, 0.25) is 0 Å². The van der Waals surface area contributed by atoms with Crippen molar-refractivity contribution in [2.45, 2.75) is 38.1 Å². The van der Waals surface area contributed by atoms with E-state index in [1.165, 1.54) is 45.4 Å². The van der Waals surface area contributed by atoms with Crippen molar-refractivity contribution in [1.29, 1.82) is 0 Å². The molecule has 5 heteroatoms. The molecule has 1 saturated carbocycles. The van der Waals surface area contributed by atoms with Crippen LogP contribution >= 0.6 is 0 Å². The standard InChI is InChI=1S/C14H19N3O2/c1-19-14(18)11-8-15-9-13(16-11)17-7-6-10-4-2-3-5-12(10)17/h8-10,12H,2-7H2,1H3. The molecule has 2 aliphatic rings. The number of carbonyl (C=O) groups excluding carboxylic acids is 1. The largest absolute Gasteiger partial charge is 0.464 e. The van der Waals surface area contributed by atoms with Gasteiger partial charge in [-0.3, -0.25) is 4.98 Å². The molecule has 2 atom stereocenters. The summed E-state index contributed by atoms with van der Waals surface area (Å²) in [6.45, 7) is 1.02. The molecule has 2 fully saturated rings. The average Bonchev–Trinajstić information content (AvgIpc) is 2.90. The van der Waals surface area contributed by atoms with E-state index in [-0.39, 0.29) is 0 Å². The molecule has 2 heterocycles. The van der Waals surface area contributed by atoms with Gasteiger partial charge in [0.25, 0.3) is 0 Å². The van der Waals surface area contributed by atoms with E-state index in [0.717, 1.165) is 18.3 Å². The molecule has 5 nitrogen and oxygen atoms in total. The minimum absolute atomic E-state index is 0.291. The zero-order valence-corrected chi connectivity index (χ0v) is 11.2. The summed E-state index contributed by atoms with van der Waals surface area (Å²) in [6.07, 6.45) is 9.65. The van der Waals surface area contributed by atoms with Crippen LogP contribution in [0.1, 0.15) is 42.6 Å². The van der Waals surface area contributed by atoms with Crippen LogP contribution in [-0.2, 0) is 4.74 Å². The van der Waals surface area contributed by atoms with Gasteiger partial charge in [-0.15, -0.1) is 0 Å². The van der Waals surface area contributed by atoms with Crippen molar-refractivity contribution < 1.29 is 9.53 Å². The van der Waals surface area contributed by atoms with Crippen LogP contribution in [0.4, 0.5) is 5.82 Å². The average molecular weight is 261 g/mol. The van der Waals surface area contributed by atoms with Gasteiger partial charge in [0.15, 0.2) is 5.69 Å². The molecule has 1 aliphatic carbocycles. The predicted molar refractivity (Wildman–Crippen MR) is 71.1 cm³/mol. The zero-order valence-electron chi connectivity index (χ0n) is 11.2. The molecule has 2 unspecified atom stereocenters. The molecule has 1 saturated heterocycles. The number of ether oxygens (including phenoxy) is 1. The smallest absolute Gasteiger partial charge is 0.358 e. The van der Waals surface area contributed by atoms with Crippen LogP contribution in [0.15, 0.2) is 12.4 Å². The van der Waals surface area contributed by atoms with E-state index in [1.807, 2.05) is 0 Å². The molecule has 1 aliphatic heterocycles. The maximum Gasteiger partial charge on any atom is 0.358 e. The third-order valence-corrected chi connectivity index (χ3v) is 4.32. The van der Waals surface area contributed by atoms with Crippen LogP contribution in [0.25, 0.3) is 0 Å². The number of methoxy groups -OCH3 is 1. The lowest BCUT2D eigenvalue weighted by Crippen LogP contribution is -2.35. The molecule has 0 radical (unpaired) electrons. The normalized spacial score (nSPS) is 26.1. The first-order valence-corrected chi connectivity index (χ1v) is 6.96. The summed E-state index contributed by atoms with van der Waals surface area (Å²) < 4.78 is 4.70. The number of aromatic nitrogens is 2. The number of hydrogen-bond donors (Lipinski definition) is 0. The molecule has 0 bridgehead atoms. The Morgan fingerprint density at radius 2 is 2.16 bits per heavy atom. The fraction of sp³-hybridized carbons (Fsp3) is 0.643. The zero-order chi connectivity index (χ0) is 13.2. The molecule has 0 spiro atoms. The van der Waals surface area contributed by atoms with Gasteiger partial charge in [-0.2, -0.15) is 0 Å². The Labute approximate surface area is 113 Å². The van der Waals surface area contributed by atoms with Crippen molar-refractivity contribution in [2.75, 3.05) is 18.6 Å². The topological polar surface area (TPSA) is 55.3 Å².